The van der Waals surface area contributed by atoms with Crippen molar-refractivity contribution in [1.29, 1.82) is 0 Å². The predicted octanol–water partition coefficient (Wildman–Crippen LogP) is 2.65. The molecule has 100 valence electrons. The van der Waals surface area contributed by atoms with Gasteiger partial charge in [-0.3, -0.25) is 4.79 Å². The van der Waals surface area contributed by atoms with Crippen LogP contribution in [0.4, 0.5) is 0 Å². The Kier molecular flexibility index (Phi) is 6.36. The zero-order valence-electron chi connectivity index (χ0n) is 11.2. The fourth-order valence-corrected chi connectivity index (χ4v) is 2.20. The molecule has 0 bridgehead atoms. The molecule has 1 rings (SSSR count). The summed E-state index contributed by atoms with van der Waals surface area (Å²) >= 11 is 3.53. The molecule has 0 aliphatic carbocycles. The lowest BCUT2D eigenvalue weighted by atomic mass is 10.1. The Bertz CT molecular complexity index is 393. The average molecular weight is 313 g/mol. The molecular weight excluding hydrogens is 292 g/mol. The largest absolute Gasteiger partial charge is 0.337 e. The molecule has 0 spiro atoms. The third kappa shape index (κ3) is 4.78. The number of amides is 1. The number of nitrogens with one attached hydrogen (secondary N) is 1. The number of halogens is 1. The highest BCUT2D eigenvalue weighted by Crippen LogP contribution is 2.18. The molecule has 1 aromatic carbocycles. The Morgan fingerprint density at radius 2 is 2.06 bits per heavy atom. The van der Waals surface area contributed by atoms with E-state index in [0.29, 0.717) is 19.0 Å². The first-order valence-electron chi connectivity index (χ1n) is 6.20. The summed E-state index contributed by atoms with van der Waals surface area (Å²) in [5, 5.41) is 2.92. The van der Waals surface area contributed by atoms with E-state index in [4.69, 9.17) is 0 Å². The minimum Gasteiger partial charge on any atom is -0.337 e. The molecule has 0 aliphatic heterocycles. The molecule has 0 atom stereocenters. The second-order valence-corrected chi connectivity index (χ2v) is 5.64. The summed E-state index contributed by atoms with van der Waals surface area (Å²) in [6, 6.07) is 8.03. The molecule has 0 aromatic heterocycles. The maximum atomic E-state index is 12.0. The third-order valence-corrected chi connectivity index (χ3v) is 3.36. The van der Waals surface area contributed by atoms with E-state index in [-0.39, 0.29) is 5.91 Å². The van der Waals surface area contributed by atoms with Crippen LogP contribution < -0.4 is 5.32 Å². The predicted molar refractivity (Wildman–Crippen MR) is 78.3 cm³/mol. The molecule has 0 fully saturated rings. The molecule has 0 saturated heterocycles. The average Bonchev–Trinajstić information content (AvgIpc) is 2.31. The zero-order chi connectivity index (χ0) is 13.5. The van der Waals surface area contributed by atoms with Gasteiger partial charge in [0.1, 0.15) is 0 Å². The van der Waals surface area contributed by atoms with Gasteiger partial charge in [-0.15, -0.1) is 0 Å². The zero-order valence-corrected chi connectivity index (χ0v) is 12.8. The highest BCUT2D eigenvalue weighted by molar-refractivity contribution is 9.10. The molecule has 0 radical (unpaired) electrons. The third-order valence-electron chi connectivity index (χ3n) is 2.59. The van der Waals surface area contributed by atoms with Crippen molar-refractivity contribution in [3.63, 3.8) is 0 Å². The topological polar surface area (TPSA) is 32.3 Å². The van der Waals surface area contributed by atoms with Gasteiger partial charge in [0.2, 0.25) is 5.91 Å². The SMILES string of the molecule is CNCC(=O)N(Cc1ccccc1Br)CC(C)C. The van der Waals surface area contributed by atoms with Crippen LogP contribution in [0.2, 0.25) is 0 Å². The summed E-state index contributed by atoms with van der Waals surface area (Å²) in [6.45, 7) is 6.07. The van der Waals surface area contributed by atoms with Crippen molar-refractivity contribution < 1.29 is 4.79 Å². The number of hydrogen-bond donors (Lipinski definition) is 1. The number of rotatable bonds is 6. The van der Waals surface area contributed by atoms with Crippen LogP contribution in [0.25, 0.3) is 0 Å². The van der Waals surface area contributed by atoms with E-state index in [1.807, 2.05) is 29.2 Å². The van der Waals surface area contributed by atoms with E-state index in [1.165, 1.54) is 0 Å². The normalized spacial score (nSPS) is 10.7. The highest BCUT2D eigenvalue weighted by atomic mass is 79.9. The maximum absolute atomic E-state index is 12.0. The Labute approximate surface area is 118 Å². The Morgan fingerprint density at radius 1 is 1.39 bits per heavy atom. The number of carbonyl (C=O) groups is 1. The van der Waals surface area contributed by atoms with Crippen molar-refractivity contribution in [2.24, 2.45) is 5.92 Å². The summed E-state index contributed by atoms with van der Waals surface area (Å²) < 4.78 is 1.05. The number of hydrogen-bond acceptors (Lipinski definition) is 2. The van der Waals surface area contributed by atoms with Gasteiger partial charge in [-0.1, -0.05) is 48.0 Å². The Balaban J connectivity index is 2.78. The highest BCUT2D eigenvalue weighted by Gasteiger charge is 2.15. The molecule has 0 unspecified atom stereocenters. The van der Waals surface area contributed by atoms with Gasteiger partial charge in [-0.05, 0) is 24.6 Å². The molecule has 0 saturated carbocycles. The Hall–Kier alpha value is -0.870. The van der Waals surface area contributed by atoms with Crippen molar-refractivity contribution >= 4 is 21.8 Å². The summed E-state index contributed by atoms with van der Waals surface area (Å²) in [5.74, 6) is 0.607. The molecule has 0 aliphatic rings. The fourth-order valence-electron chi connectivity index (χ4n) is 1.79. The van der Waals surface area contributed by atoms with Crippen molar-refractivity contribution in [2.75, 3.05) is 20.1 Å². The lowest BCUT2D eigenvalue weighted by Crippen LogP contribution is -2.38. The lowest BCUT2D eigenvalue weighted by Gasteiger charge is -2.25. The first-order valence-corrected chi connectivity index (χ1v) is 6.99. The second kappa shape index (κ2) is 7.54. The van der Waals surface area contributed by atoms with Crippen molar-refractivity contribution in [2.45, 2.75) is 20.4 Å². The van der Waals surface area contributed by atoms with Gasteiger partial charge in [0.25, 0.3) is 0 Å². The van der Waals surface area contributed by atoms with Gasteiger partial charge in [0.15, 0.2) is 0 Å². The second-order valence-electron chi connectivity index (χ2n) is 4.79. The fraction of sp³-hybridized carbons (Fsp3) is 0.500. The van der Waals surface area contributed by atoms with Gasteiger partial charge in [0, 0.05) is 17.6 Å². The van der Waals surface area contributed by atoms with Crippen molar-refractivity contribution in [1.82, 2.24) is 10.2 Å². The van der Waals surface area contributed by atoms with E-state index < -0.39 is 0 Å². The van der Waals surface area contributed by atoms with Gasteiger partial charge < -0.3 is 10.2 Å². The first kappa shape index (κ1) is 15.2. The Morgan fingerprint density at radius 3 is 2.61 bits per heavy atom. The van der Waals surface area contributed by atoms with E-state index in [0.717, 1.165) is 16.6 Å². The summed E-state index contributed by atoms with van der Waals surface area (Å²) in [7, 11) is 1.80. The maximum Gasteiger partial charge on any atom is 0.236 e. The number of carbonyl (C=O) groups excluding carboxylic acids is 1. The van der Waals surface area contributed by atoms with Gasteiger partial charge in [-0.25, -0.2) is 0 Å². The van der Waals surface area contributed by atoms with E-state index in [1.54, 1.807) is 7.05 Å². The van der Waals surface area contributed by atoms with Gasteiger partial charge >= 0.3 is 0 Å². The van der Waals surface area contributed by atoms with E-state index >= 15 is 0 Å². The first-order chi connectivity index (χ1) is 8.54. The summed E-state index contributed by atoms with van der Waals surface area (Å²) in [6.07, 6.45) is 0. The number of benzene rings is 1. The molecule has 1 aromatic rings. The number of likely N-dealkylation sites (N-methyl/N-ethyl adjacent to an activating group) is 1. The molecular formula is C14H21BrN2O. The summed E-state index contributed by atoms with van der Waals surface area (Å²) in [5.41, 5.74) is 1.14. The molecule has 18 heavy (non-hydrogen) atoms. The van der Waals surface area contributed by atoms with E-state index in [9.17, 15) is 4.79 Å². The smallest absolute Gasteiger partial charge is 0.236 e. The van der Waals surface area contributed by atoms with Crippen LogP contribution in [0.1, 0.15) is 19.4 Å². The number of nitrogens with zero attached hydrogens (tertiary/aromatic N) is 1. The van der Waals surface area contributed by atoms with Crippen molar-refractivity contribution in [3.8, 4) is 0 Å². The van der Waals surface area contributed by atoms with Crippen LogP contribution in [0.3, 0.4) is 0 Å². The molecule has 4 heteroatoms. The summed E-state index contributed by atoms with van der Waals surface area (Å²) in [4.78, 5) is 13.9. The van der Waals surface area contributed by atoms with E-state index in [2.05, 4.69) is 35.1 Å². The van der Waals surface area contributed by atoms with Crippen LogP contribution in [-0.2, 0) is 11.3 Å². The van der Waals surface area contributed by atoms with Gasteiger partial charge in [0.05, 0.1) is 6.54 Å². The molecule has 3 nitrogen and oxygen atoms in total. The molecule has 1 amide bonds. The van der Waals surface area contributed by atoms with Crippen molar-refractivity contribution in [3.05, 3.63) is 34.3 Å². The van der Waals surface area contributed by atoms with Crippen LogP contribution in [0.15, 0.2) is 28.7 Å². The standard InChI is InChI=1S/C14H21BrN2O/c1-11(2)9-17(14(18)8-16-3)10-12-6-4-5-7-13(12)15/h4-7,11,16H,8-10H2,1-3H3. The quantitative estimate of drug-likeness (QED) is 0.876. The van der Waals surface area contributed by atoms with Crippen LogP contribution in [0, 0.1) is 5.92 Å². The lowest BCUT2D eigenvalue weighted by molar-refractivity contribution is -0.131. The minimum atomic E-state index is 0.141. The van der Waals surface area contributed by atoms with Crippen LogP contribution >= 0.6 is 15.9 Å². The minimum absolute atomic E-state index is 0.141. The molecule has 0 heterocycles. The monoisotopic (exact) mass is 312 g/mol. The van der Waals surface area contributed by atoms with Crippen LogP contribution in [-0.4, -0.2) is 30.9 Å². The molecule has 1 N–H and O–H groups in total. The van der Waals surface area contributed by atoms with Crippen LogP contribution in [0.5, 0.6) is 0 Å². The van der Waals surface area contributed by atoms with Gasteiger partial charge in [-0.2, -0.15) is 0 Å².